The van der Waals surface area contributed by atoms with E-state index in [1.54, 1.807) is 0 Å². The minimum absolute atomic E-state index is 0.0152. The Morgan fingerprint density at radius 2 is 2.00 bits per heavy atom. The van der Waals surface area contributed by atoms with Gasteiger partial charge in [0.1, 0.15) is 0 Å². The summed E-state index contributed by atoms with van der Waals surface area (Å²) >= 11 is 0. The van der Waals surface area contributed by atoms with Gasteiger partial charge < -0.3 is 10.4 Å². The molecule has 0 heterocycles. The Bertz CT molecular complexity index is 549. The van der Waals surface area contributed by atoms with E-state index in [1.807, 2.05) is 18.2 Å². The van der Waals surface area contributed by atoms with Crippen molar-refractivity contribution >= 4 is 11.9 Å². The molecule has 0 aromatic heterocycles. The summed E-state index contributed by atoms with van der Waals surface area (Å²) in [6.07, 6.45) is 5.34. The maximum atomic E-state index is 12.3. The van der Waals surface area contributed by atoms with E-state index in [-0.39, 0.29) is 18.4 Å². The molecule has 2 aliphatic carbocycles. The predicted molar refractivity (Wildman–Crippen MR) is 74.7 cm³/mol. The number of carbonyl (C=O) groups excluding carboxylic acids is 1. The van der Waals surface area contributed by atoms with E-state index in [2.05, 4.69) is 5.32 Å². The molecular formula is C16H19NO3. The highest BCUT2D eigenvalue weighted by Crippen LogP contribution is 2.34. The summed E-state index contributed by atoms with van der Waals surface area (Å²) in [6, 6.07) is 5.61. The standard InChI is InChI=1S/C16H19NO3/c18-15(19)9-14(11-5-6-11)17-16(20)13-7-4-10-2-1-3-12(10)8-13/h4,7-8,11,14H,1-3,5-6,9H2,(H,17,20)(H,18,19). The normalized spacial score (nSPS) is 18.4. The van der Waals surface area contributed by atoms with Crippen molar-refractivity contribution in [2.75, 3.05) is 0 Å². The van der Waals surface area contributed by atoms with Gasteiger partial charge in [0.05, 0.1) is 6.42 Å². The second-order valence-electron chi connectivity index (χ2n) is 5.85. The Balaban J connectivity index is 1.70. The molecule has 2 N–H and O–H groups in total. The molecule has 3 rings (SSSR count). The minimum atomic E-state index is -0.851. The summed E-state index contributed by atoms with van der Waals surface area (Å²) in [6.45, 7) is 0. The van der Waals surface area contributed by atoms with Crippen LogP contribution in [0.15, 0.2) is 18.2 Å². The van der Waals surface area contributed by atoms with Crippen molar-refractivity contribution in [2.24, 2.45) is 5.92 Å². The lowest BCUT2D eigenvalue weighted by molar-refractivity contribution is -0.137. The lowest BCUT2D eigenvalue weighted by atomic mass is 10.0. The van der Waals surface area contributed by atoms with Crippen molar-refractivity contribution in [3.8, 4) is 0 Å². The highest BCUT2D eigenvalue weighted by Gasteiger charge is 2.33. The van der Waals surface area contributed by atoms with Crippen LogP contribution in [0.1, 0.15) is 47.2 Å². The van der Waals surface area contributed by atoms with Gasteiger partial charge in [0, 0.05) is 11.6 Å². The molecule has 0 bridgehead atoms. The van der Waals surface area contributed by atoms with Crippen LogP contribution >= 0.6 is 0 Å². The Kier molecular flexibility index (Phi) is 3.47. The van der Waals surface area contributed by atoms with E-state index in [1.165, 1.54) is 11.1 Å². The predicted octanol–water partition coefficient (Wildman–Crippen LogP) is 2.16. The summed E-state index contributed by atoms with van der Waals surface area (Å²) in [5.74, 6) is -0.654. The molecule has 4 nitrogen and oxygen atoms in total. The molecule has 1 atom stereocenters. The first-order chi connectivity index (χ1) is 9.63. The molecule has 0 aliphatic heterocycles. The zero-order valence-corrected chi connectivity index (χ0v) is 11.4. The van der Waals surface area contributed by atoms with Crippen LogP contribution in [0.2, 0.25) is 0 Å². The van der Waals surface area contributed by atoms with Crippen LogP contribution in [0.5, 0.6) is 0 Å². The fourth-order valence-electron chi connectivity index (χ4n) is 2.99. The fraction of sp³-hybridized carbons (Fsp3) is 0.500. The molecule has 20 heavy (non-hydrogen) atoms. The lowest BCUT2D eigenvalue weighted by Gasteiger charge is -2.16. The van der Waals surface area contributed by atoms with Crippen LogP contribution < -0.4 is 5.32 Å². The minimum Gasteiger partial charge on any atom is -0.481 e. The van der Waals surface area contributed by atoms with Crippen LogP contribution in [0.3, 0.4) is 0 Å². The molecule has 1 fully saturated rings. The highest BCUT2D eigenvalue weighted by atomic mass is 16.4. The van der Waals surface area contributed by atoms with Gasteiger partial charge in [-0.3, -0.25) is 9.59 Å². The molecule has 1 unspecified atom stereocenters. The van der Waals surface area contributed by atoms with Gasteiger partial charge in [-0.25, -0.2) is 0 Å². The zero-order valence-electron chi connectivity index (χ0n) is 11.4. The second kappa shape index (κ2) is 5.27. The number of benzene rings is 1. The third kappa shape index (κ3) is 2.84. The molecule has 2 aliphatic rings. The monoisotopic (exact) mass is 273 g/mol. The molecule has 4 heteroatoms. The van der Waals surface area contributed by atoms with Crippen LogP contribution in [0, 0.1) is 5.92 Å². The number of carboxylic acids is 1. The first-order valence-corrected chi connectivity index (χ1v) is 7.28. The number of rotatable bonds is 5. The number of carbonyl (C=O) groups is 2. The van der Waals surface area contributed by atoms with E-state index in [9.17, 15) is 9.59 Å². The zero-order chi connectivity index (χ0) is 14.1. The molecule has 1 aromatic carbocycles. The van der Waals surface area contributed by atoms with Gasteiger partial charge in [0.15, 0.2) is 0 Å². The number of fused-ring (bicyclic) bond motifs is 1. The van der Waals surface area contributed by atoms with Crippen LogP contribution in [0.25, 0.3) is 0 Å². The van der Waals surface area contributed by atoms with E-state index in [4.69, 9.17) is 5.11 Å². The SMILES string of the molecule is O=C(O)CC(NC(=O)c1ccc2c(c1)CCC2)C1CC1. The maximum absolute atomic E-state index is 12.3. The van der Waals surface area contributed by atoms with Crippen molar-refractivity contribution in [1.82, 2.24) is 5.32 Å². The summed E-state index contributed by atoms with van der Waals surface area (Å²) in [4.78, 5) is 23.1. The molecule has 1 amide bonds. The van der Waals surface area contributed by atoms with Crippen molar-refractivity contribution in [2.45, 2.75) is 44.6 Å². The molecule has 0 spiro atoms. The molecule has 106 valence electrons. The van der Waals surface area contributed by atoms with Crippen LogP contribution in [-0.4, -0.2) is 23.0 Å². The summed E-state index contributed by atoms with van der Waals surface area (Å²) in [5.41, 5.74) is 3.26. The average molecular weight is 273 g/mol. The van der Waals surface area contributed by atoms with E-state index in [0.717, 1.165) is 32.1 Å². The topological polar surface area (TPSA) is 66.4 Å². The first kappa shape index (κ1) is 13.2. The third-order valence-electron chi connectivity index (χ3n) is 4.26. The van der Waals surface area contributed by atoms with Gasteiger partial charge in [-0.2, -0.15) is 0 Å². The van der Waals surface area contributed by atoms with Crippen molar-refractivity contribution in [1.29, 1.82) is 0 Å². The molecule has 1 saturated carbocycles. The second-order valence-corrected chi connectivity index (χ2v) is 5.85. The van der Waals surface area contributed by atoms with Crippen molar-refractivity contribution < 1.29 is 14.7 Å². The molecule has 1 aromatic rings. The van der Waals surface area contributed by atoms with Gasteiger partial charge in [-0.15, -0.1) is 0 Å². The summed E-state index contributed by atoms with van der Waals surface area (Å²) < 4.78 is 0. The first-order valence-electron chi connectivity index (χ1n) is 7.28. The number of nitrogens with one attached hydrogen (secondary N) is 1. The average Bonchev–Trinajstić information content (AvgIpc) is 3.15. The fourth-order valence-corrected chi connectivity index (χ4v) is 2.99. The largest absolute Gasteiger partial charge is 0.481 e. The van der Waals surface area contributed by atoms with Crippen molar-refractivity contribution in [3.63, 3.8) is 0 Å². The number of aryl methyl sites for hydroxylation is 2. The quantitative estimate of drug-likeness (QED) is 0.864. The number of carboxylic acid groups (broad SMARTS) is 1. The Hall–Kier alpha value is -1.84. The molecule has 0 radical (unpaired) electrons. The number of hydrogen-bond acceptors (Lipinski definition) is 2. The van der Waals surface area contributed by atoms with E-state index < -0.39 is 5.97 Å². The van der Waals surface area contributed by atoms with Gasteiger partial charge in [-0.05, 0) is 61.3 Å². The molecule has 0 saturated heterocycles. The maximum Gasteiger partial charge on any atom is 0.305 e. The van der Waals surface area contributed by atoms with Crippen LogP contribution in [0.4, 0.5) is 0 Å². The van der Waals surface area contributed by atoms with Gasteiger partial charge in [-0.1, -0.05) is 6.07 Å². The van der Waals surface area contributed by atoms with E-state index in [0.29, 0.717) is 11.5 Å². The van der Waals surface area contributed by atoms with Gasteiger partial charge in [0.25, 0.3) is 5.91 Å². The van der Waals surface area contributed by atoms with Crippen LogP contribution in [-0.2, 0) is 17.6 Å². The summed E-state index contributed by atoms with van der Waals surface area (Å²) in [7, 11) is 0. The Morgan fingerprint density at radius 1 is 1.25 bits per heavy atom. The highest BCUT2D eigenvalue weighted by molar-refractivity contribution is 5.95. The van der Waals surface area contributed by atoms with Crippen molar-refractivity contribution in [3.05, 3.63) is 34.9 Å². The molecular weight excluding hydrogens is 254 g/mol. The van der Waals surface area contributed by atoms with Gasteiger partial charge in [0.2, 0.25) is 0 Å². The smallest absolute Gasteiger partial charge is 0.305 e. The Labute approximate surface area is 118 Å². The number of amides is 1. The summed E-state index contributed by atoms with van der Waals surface area (Å²) in [5, 5.41) is 11.8. The van der Waals surface area contributed by atoms with E-state index >= 15 is 0 Å². The number of hydrogen-bond donors (Lipinski definition) is 2. The Morgan fingerprint density at radius 3 is 2.70 bits per heavy atom. The lowest BCUT2D eigenvalue weighted by Crippen LogP contribution is -2.38. The number of aliphatic carboxylic acids is 1. The third-order valence-corrected chi connectivity index (χ3v) is 4.26. The van der Waals surface area contributed by atoms with Gasteiger partial charge >= 0.3 is 5.97 Å².